The van der Waals surface area contributed by atoms with Gasteiger partial charge in [-0.15, -0.1) is 6.42 Å². The number of nitrogens with zero attached hydrogens (tertiary/aromatic N) is 2. The molecule has 1 aliphatic heterocycles. The van der Waals surface area contributed by atoms with Gasteiger partial charge in [-0.1, -0.05) is 24.1 Å². The summed E-state index contributed by atoms with van der Waals surface area (Å²) in [4.78, 5) is 24.6. The fourth-order valence-electron chi connectivity index (χ4n) is 2.25. The highest BCUT2D eigenvalue weighted by molar-refractivity contribution is 6.40. The molecule has 0 aliphatic carbocycles. The summed E-state index contributed by atoms with van der Waals surface area (Å²) in [6, 6.07) is 8.51. The first-order valence-corrected chi connectivity index (χ1v) is 7.68. The molecular weight excluding hydrogens is 306 g/mol. The number of carbonyl (C=O) groups is 2. The largest absolute Gasteiger partial charge is 0.458 e. The van der Waals surface area contributed by atoms with Crippen LogP contribution in [-0.4, -0.2) is 35.8 Å². The lowest BCUT2D eigenvalue weighted by Crippen LogP contribution is -2.40. The van der Waals surface area contributed by atoms with Crippen LogP contribution in [0.3, 0.4) is 0 Å². The van der Waals surface area contributed by atoms with Gasteiger partial charge in [-0.05, 0) is 32.9 Å². The number of hydrogen-bond acceptors (Lipinski definition) is 5. The van der Waals surface area contributed by atoms with E-state index in [4.69, 9.17) is 11.2 Å². The van der Waals surface area contributed by atoms with E-state index in [0.717, 1.165) is 0 Å². The molecule has 1 amide bonds. The number of hydrazone groups is 1. The van der Waals surface area contributed by atoms with E-state index in [1.165, 1.54) is 5.01 Å². The third-order valence-electron chi connectivity index (χ3n) is 3.22. The van der Waals surface area contributed by atoms with Crippen LogP contribution in [0.25, 0.3) is 0 Å². The number of para-hydroxylation sites is 1. The summed E-state index contributed by atoms with van der Waals surface area (Å²) in [5, 5.41) is 8.41. The van der Waals surface area contributed by atoms with Gasteiger partial charge in [-0.3, -0.25) is 9.80 Å². The maximum absolute atomic E-state index is 12.5. The standard InChI is InChI=1S/C18H21N3O3/c1-5-11-19-16(22)14-12-15(17(23)24-18(2,3)4)21(20-14)13-9-7-6-8-10-13/h1,6-10,15H,11-12H2,2-4H3,(H,19,22)/t15-/m0/s1. The maximum Gasteiger partial charge on any atom is 0.331 e. The molecular formula is C18H21N3O3. The Labute approximate surface area is 141 Å². The Morgan fingerprint density at radius 1 is 1.38 bits per heavy atom. The predicted molar refractivity (Wildman–Crippen MR) is 92.4 cm³/mol. The van der Waals surface area contributed by atoms with Gasteiger partial charge in [0, 0.05) is 6.42 Å². The molecule has 0 fully saturated rings. The van der Waals surface area contributed by atoms with E-state index in [-0.39, 0.29) is 24.6 Å². The van der Waals surface area contributed by atoms with E-state index >= 15 is 0 Å². The van der Waals surface area contributed by atoms with Crippen LogP contribution in [-0.2, 0) is 14.3 Å². The summed E-state index contributed by atoms with van der Waals surface area (Å²) in [6.45, 7) is 5.51. The van der Waals surface area contributed by atoms with E-state index in [9.17, 15) is 9.59 Å². The maximum atomic E-state index is 12.5. The number of rotatable bonds is 4. The summed E-state index contributed by atoms with van der Waals surface area (Å²) in [7, 11) is 0. The number of carbonyl (C=O) groups excluding carboxylic acids is 2. The van der Waals surface area contributed by atoms with Crippen LogP contribution < -0.4 is 10.3 Å². The molecule has 6 nitrogen and oxygen atoms in total. The lowest BCUT2D eigenvalue weighted by Gasteiger charge is -2.26. The van der Waals surface area contributed by atoms with E-state index in [1.807, 2.05) is 30.3 Å². The molecule has 0 radical (unpaired) electrons. The Morgan fingerprint density at radius 3 is 2.62 bits per heavy atom. The fraction of sp³-hybridized carbons (Fsp3) is 0.389. The second-order valence-electron chi connectivity index (χ2n) is 6.37. The van der Waals surface area contributed by atoms with Crippen molar-refractivity contribution in [2.45, 2.75) is 38.8 Å². The summed E-state index contributed by atoms with van der Waals surface area (Å²) < 4.78 is 5.46. The van der Waals surface area contributed by atoms with Crippen molar-refractivity contribution < 1.29 is 14.3 Å². The van der Waals surface area contributed by atoms with Gasteiger partial charge in [0.05, 0.1) is 12.2 Å². The molecule has 0 aromatic heterocycles. The molecule has 126 valence electrons. The van der Waals surface area contributed by atoms with Gasteiger partial charge in [-0.2, -0.15) is 5.10 Å². The van der Waals surface area contributed by atoms with Gasteiger partial charge < -0.3 is 10.1 Å². The average Bonchev–Trinajstić information content (AvgIpc) is 2.97. The van der Waals surface area contributed by atoms with Crippen molar-refractivity contribution >= 4 is 23.3 Å². The Balaban J connectivity index is 2.25. The topological polar surface area (TPSA) is 71.0 Å². The summed E-state index contributed by atoms with van der Waals surface area (Å²) >= 11 is 0. The molecule has 0 unspecified atom stereocenters. The van der Waals surface area contributed by atoms with Crippen molar-refractivity contribution in [1.82, 2.24) is 5.32 Å². The second kappa shape index (κ2) is 7.18. The molecule has 1 atom stereocenters. The van der Waals surface area contributed by atoms with Gasteiger partial charge in [0.1, 0.15) is 11.3 Å². The Bertz CT molecular complexity index is 684. The highest BCUT2D eigenvalue weighted by Crippen LogP contribution is 2.26. The first-order chi connectivity index (χ1) is 11.3. The van der Waals surface area contributed by atoms with Gasteiger partial charge in [0.15, 0.2) is 6.04 Å². The van der Waals surface area contributed by atoms with E-state index in [1.54, 1.807) is 20.8 Å². The molecule has 1 aliphatic rings. The number of esters is 1. The number of nitrogens with one attached hydrogen (secondary N) is 1. The third kappa shape index (κ3) is 4.35. The van der Waals surface area contributed by atoms with Gasteiger partial charge in [0.25, 0.3) is 5.91 Å². The number of amides is 1. The van der Waals surface area contributed by atoms with Crippen LogP contribution in [0.1, 0.15) is 27.2 Å². The third-order valence-corrected chi connectivity index (χ3v) is 3.22. The van der Waals surface area contributed by atoms with Crippen LogP contribution >= 0.6 is 0 Å². The monoisotopic (exact) mass is 327 g/mol. The van der Waals surface area contributed by atoms with Crippen LogP contribution in [0.4, 0.5) is 5.69 Å². The first-order valence-electron chi connectivity index (χ1n) is 7.68. The number of terminal acetylenes is 1. The molecule has 0 saturated carbocycles. The molecule has 1 heterocycles. The molecule has 6 heteroatoms. The first kappa shape index (κ1) is 17.5. The van der Waals surface area contributed by atoms with E-state index < -0.39 is 17.6 Å². The van der Waals surface area contributed by atoms with Crippen molar-refractivity contribution in [2.75, 3.05) is 11.6 Å². The Kier molecular flexibility index (Phi) is 5.24. The van der Waals surface area contributed by atoms with Crippen LogP contribution in [0.2, 0.25) is 0 Å². The van der Waals surface area contributed by atoms with E-state index in [0.29, 0.717) is 5.69 Å². The molecule has 0 saturated heterocycles. The number of hydrogen-bond donors (Lipinski definition) is 1. The average molecular weight is 327 g/mol. The predicted octanol–water partition coefficient (Wildman–Crippen LogP) is 1.71. The number of ether oxygens (including phenoxy) is 1. The van der Waals surface area contributed by atoms with Crippen LogP contribution in [0.5, 0.6) is 0 Å². The second-order valence-corrected chi connectivity index (χ2v) is 6.37. The van der Waals surface area contributed by atoms with Gasteiger partial charge >= 0.3 is 5.97 Å². The zero-order chi connectivity index (χ0) is 17.7. The minimum absolute atomic E-state index is 0.111. The molecule has 1 aromatic carbocycles. The quantitative estimate of drug-likeness (QED) is 0.675. The number of benzene rings is 1. The summed E-state index contributed by atoms with van der Waals surface area (Å²) in [5.74, 6) is 1.54. The SMILES string of the molecule is C#CCNC(=O)C1=NN(c2ccccc2)[C@H](C(=O)OC(C)(C)C)C1. The van der Waals surface area contributed by atoms with Crippen molar-refractivity contribution in [3.8, 4) is 12.3 Å². The molecule has 1 aromatic rings. The van der Waals surface area contributed by atoms with Crippen LogP contribution in [0, 0.1) is 12.3 Å². The van der Waals surface area contributed by atoms with E-state index in [2.05, 4.69) is 16.3 Å². The minimum Gasteiger partial charge on any atom is -0.458 e. The molecule has 2 rings (SSSR count). The molecule has 24 heavy (non-hydrogen) atoms. The smallest absolute Gasteiger partial charge is 0.331 e. The van der Waals surface area contributed by atoms with Crippen molar-refractivity contribution in [3.05, 3.63) is 30.3 Å². The molecule has 1 N–H and O–H groups in total. The Hall–Kier alpha value is -2.81. The minimum atomic E-state index is -0.682. The summed E-state index contributed by atoms with van der Waals surface area (Å²) in [6.07, 6.45) is 5.32. The Morgan fingerprint density at radius 2 is 2.04 bits per heavy atom. The normalized spacial score (nSPS) is 17.0. The molecule has 0 bridgehead atoms. The zero-order valence-electron chi connectivity index (χ0n) is 14.1. The number of anilines is 1. The van der Waals surface area contributed by atoms with Crippen LogP contribution in [0.15, 0.2) is 35.4 Å². The highest BCUT2D eigenvalue weighted by Gasteiger charge is 2.38. The lowest BCUT2D eigenvalue weighted by molar-refractivity contribution is -0.156. The van der Waals surface area contributed by atoms with Crippen molar-refractivity contribution in [3.63, 3.8) is 0 Å². The summed E-state index contributed by atoms with van der Waals surface area (Å²) in [5.41, 5.74) is 0.353. The van der Waals surface area contributed by atoms with Crippen molar-refractivity contribution in [1.29, 1.82) is 0 Å². The lowest BCUT2D eigenvalue weighted by atomic mass is 10.1. The zero-order valence-corrected chi connectivity index (χ0v) is 14.1. The molecule has 0 spiro atoms. The van der Waals surface area contributed by atoms with Gasteiger partial charge in [0.2, 0.25) is 0 Å². The fourth-order valence-corrected chi connectivity index (χ4v) is 2.25. The van der Waals surface area contributed by atoms with Gasteiger partial charge in [-0.25, -0.2) is 4.79 Å². The highest BCUT2D eigenvalue weighted by atomic mass is 16.6. The van der Waals surface area contributed by atoms with Crippen molar-refractivity contribution in [2.24, 2.45) is 5.10 Å².